The Morgan fingerprint density at radius 3 is 2.76 bits per heavy atom. The van der Waals surface area contributed by atoms with Crippen LogP contribution in [0.3, 0.4) is 0 Å². The molecule has 2 aromatic heterocycles. The van der Waals surface area contributed by atoms with Crippen molar-refractivity contribution in [2.75, 3.05) is 13.1 Å². The molecule has 0 aliphatic carbocycles. The number of hydrogen-bond donors (Lipinski definition) is 2. The fraction of sp³-hybridized carbons (Fsp3) is 0.333. The normalized spacial score (nSPS) is 15.6. The van der Waals surface area contributed by atoms with Gasteiger partial charge in [0.1, 0.15) is 4.83 Å². The zero-order valence-electron chi connectivity index (χ0n) is 13.9. The van der Waals surface area contributed by atoms with Crippen LogP contribution in [0.15, 0.2) is 30.3 Å². The molecule has 130 valence electrons. The van der Waals surface area contributed by atoms with Gasteiger partial charge in [-0.25, -0.2) is 4.68 Å². The molecule has 1 aliphatic heterocycles. The monoisotopic (exact) mass is 374 g/mol. The van der Waals surface area contributed by atoms with E-state index in [-0.39, 0.29) is 11.9 Å². The van der Waals surface area contributed by atoms with Crippen LogP contribution in [-0.2, 0) is 0 Å². The first kappa shape index (κ1) is 16.6. The Labute approximate surface area is 155 Å². The maximum absolute atomic E-state index is 12.6. The summed E-state index contributed by atoms with van der Waals surface area (Å²) in [5, 5.41) is 12.8. The van der Waals surface area contributed by atoms with E-state index in [1.54, 1.807) is 0 Å². The molecule has 3 aromatic rings. The zero-order valence-corrected chi connectivity index (χ0v) is 15.5. The summed E-state index contributed by atoms with van der Waals surface area (Å²) in [6, 6.07) is 9.76. The van der Waals surface area contributed by atoms with E-state index in [9.17, 15) is 4.79 Å². The fourth-order valence-electron chi connectivity index (χ4n) is 3.14. The quantitative estimate of drug-likeness (QED) is 0.737. The Morgan fingerprint density at radius 1 is 1.32 bits per heavy atom. The Hall–Kier alpha value is -1.89. The molecule has 0 saturated carbocycles. The first-order valence-electron chi connectivity index (χ1n) is 8.38. The lowest BCUT2D eigenvalue weighted by Crippen LogP contribution is -2.42. The number of aromatic nitrogens is 2. The van der Waals surface area contributed by atoms with Crippen LogP contribution in [0.4, 0.5) is 0 Å². The Bertz CT molecular complexity index is 909. The number of piperidine rings is 1. The molecule has 1 aliphatic rings. The number of carbonyl (C=O) groups excluding carboxylic acids is 1. The third-order valence-electron chi connectivity index (χ3n) is 4.51. The van der Waals surface area contributed by atoms with Crippen LogP contribution in [-0.4, -0.2) is 34.8 Å². The van der Waals surface area contributed by atoms with E-state index in [1.807, 2.05) is 41.9 Å². The highest BCUT2D eigenvalue weighted by molar-refractivity contribution is 7.20. The molecule has 3 heterocycles. The summed E-state index contributed by atoms with van der Waals surface area (Å²) in [5.41, 5.74) is 1.86. The first-order chi connectivity index (χ1) is 12.1. The molecule has 0 spiro atoms. The number of thiophene rings is 1. The van der Waals surface area contributed by atoms with Crippen molar-refractivity contribution in [3.05, 3.63) is 45.9 Å². The van der Waals surface area contributed by atoms with Gasteiger partial charge in [-0.3, -0.25) is 4.79 Å². The van der Waals surface area contributed by atoms with Crippen molar-refractivity contribution in [3.8, 4) is 5.69 Å². The molecule has 4 rings (SSSR count). The van der Waals surface area contributed by atoms with Crippen molar-refractivity contribution in [2.45, 2.75) is 25.8 Å². The van der Waals surface area contributed by atoms with Crippen molar-refractivity contribution in [1.29, 1.82) is 0 Å². The number of aryl methyl sites for hydroxylation is 1. The van der Waals surface area contributed by atoms with Gasteiger partial charge < -0.3 is 10.6 Å². The maximum atomic E-state index is 12.6. The van der Waals surface area contributed by atoms with E-state index in [2.05, 4.69) is 15.7 Å². The van der Waals surface area contributed by atoms with Gasteiger partial charge in [0.15, 0.2) is 0 Å². The summed E-state index contributed by atoms with van der Waals surface area (Å²) in [6.45, 7) is 3.89. The lowest BCUT2D eigenvalue weighted by Gasteiger charge is -2.23. The minimum atomic E-state index is 0.00940. The van der Waals surface area contributed by atoms with Crippen molar-refractivity contribution < 1.29 is 4.79 Å². The minimum absolute atomic E-state index is 0.00940. The minimum Gasteiger partial charge on any atom is -0.349 e. The van der Waals surface area contributed by atoms with Crippen molar-refractivity contribution >= 4 is 39.1 Å². The van der Waals surface area contributed by atoms with Gasteiger partial charge >= 0.3 is 0 Å². The number of carbonyl (C=O) groups is 1. The second-order valence-corrected chi connectivity index (χ2v) is 7.77. The molecule has 1 amide bonds. The number of benzene rings is 1. The van der Waals surface area contributed by atoms with Crippen molar-refractivity contribution in [1.82, 2.24) is 20.4 Å². The van der Waals surface area contributed by atoms with Gasteiger partial charge in [0, 0.05) is 16.5 Å². The average Bonchev–Trinajstić information content (AvgIpc) is 3.18. The Kier molecular flexibility index (Phi) is 4.50. The molecule has 2 N–H and O–H groups in total. The first-order valence-corrected chi connectivity index (χ1v) is 9.58. The van der Waals surface area contributed by atoms with Gasteiger partial charge in [-0.2, -0.15) is 5.10 Å². The maximum Gasteiger partial charge on any atom is 0.261 e. The highest BCUT2D eigenvalue weighted by Gasteiger charge is 2.20. The highest BCUT2D eigenvalue weighted by Crippen LogP contribution is 2.30. The van der Waals surface area contributed by atoms with Gasteiger partial charge in [-0.05, 0) is 63.2 Å². The van der Waals surface area contributed by atoms with Crippen LogP contribution in [0, 0.1) is 6.92 Å². The van der Waals surface area contributed by atoms with Gasteiger partial charge in [0.25, 0.3) is 5.91 Å². The molecule has 1 saturated heterocycles. The molecule has 25 heavy (non-hydrogen) atoms. The standard InChI is InChI=1S/C18H19ClN4OS/c1-11-15-10-16(17(24)21-13-6-8-20-9-7-13)25-18(15)23(22-11)14-4-2-12(19)3-5-14/h2-5,10,13,20H,6-9H2,1H3,(H,21,24). The SMILES string of the molecule is Cc1nn(-c2ccc(Cl)cc2)c2sc(C(=O)NC3CCNCC3)cc12. The molecule has 0 bridgehead atoms. The van der Waals surface area contributed by atoms with Crippen LogP contribution in [0.1, 0.15) is 28.2 Å². The van der Waals surface area contributed by atoms with Crippen LogP contribution >= 0.6 is 22.9 Å². The van der Waals surface area contributed by atoms with Crippen LogP contribution in [0.2, 0.25) is 5.02 Å². The van der Waals surface area contributed by atoms with Crippen molar-refractivity contribution in [3.63, 3.8) is 0 Å². The largest absolute Gasteiger partial charge is 0.349 e. The molecular formula is C18H19ClN4OS. The number of amides is 1. The summed E-state index contributed by atoms with van der Waals surface area (Å²) < 4.78 is 1.88. The summed E-state index contributed by atoms with van der Waals surface area (Å²) in [6.07, 6.45) is 1.96. The number of nitrogens with one attached hydrogen (secondary N) is 2. The van der Waals surface area contributed by atoms with E-state index in [0.717, 1.165) is 52.4 Å². The smallest absolute Gasteiger partial charge is 0.261 e. The second-order valence-electron chi connectivity index (χ2n) is 6.30. The molecule has 5 nitrogen and oxygen atoms in total. The number of fused-ring (bicyclic) bond motifs is 1. The molecule has 1 fully saturated rings. The number of nitrogens with zero attached hydrogens (tertiary/aromatic N) is 2. The number of halogens is 1. The third-order valence-corrected chi connectivity index (χ3v) is 5.88. The van der Waals surface area contributed by atoms with Crippen LogP contribution in [0.25, 0.3) is 15.9 Å². The predicted molar refractivity (Wildman–Crippen MR) is 102 cm³/mol. The predicted octanol–water partition coefficient (Wildman–Crippen LogP) is 3.53. The molecule has 1 aromatic carbocycles. The topological polar surface area (TPSA) is 59.0 Å². The van der Waals surface area contributed by atoms with E-state index < -0.39 is 0 Å². The molecule has 0 unspecified atom stereocenters. The van der Waals surface area contributed by atoms with Crippen LogP contribution in [0.5, 0.6) is 0 Å². The highest BCUT2D eigenvalue weighted by atomic mass is 35.5. The average molecular weight is 375 g/mol. The Morgan fingerprint density at radius 2 is 2.04 bits per heavy atom. The fourth-order valence-corrected chi connectivity index (χ4v) is 4.35. The van der Waals surface area contributed by atoms with E-state index in [1.165, 1.54) is 11.3 Å². The van der Waals surface area contributed by atoms with E-state index >= 15 is 0 Å². The summed E-state index contributed by atoms with van der Waals surface area (Å²) in [4.78, 5) is 14.3. The summed E-state index contributed by atoms with van der Waals surface area (Å²) in [7, 11) is 0. The van der Waals surface area contributed by atoms with Crippen LogP contribution < -0.4 is 10.6 Å². The van der Waals surface area contributed by atoms with Gasteiger partial charge in [-0.15, -0.1) is 11.3 Å². The van der Waals surface area contributed by atoms with Crippen molar-refractivity contribution in [2.24, 2.45) is 0 Å². The summed E-state index contributed by atoms with van der Waals surface area (Å²) >= 11 is 7.46. The summed E-state index contributed by atoms with van der Waals surface area (Å²) in [5.74, 6) is 0.00940. The number of rotatable bonds is 3. The third kappa shape index (κ3) is 3.29. The van der Waals surface area contributed by atoms with E-state index in [4.69, 9.17) is 11.6 Å². The van der Waals surface area contributed by atoms with Gasteiger partial charge in [0.05, 0.1) is 16.3 Å². The second kappa shape index (κ2) is 6.78. The van der Waals surface area contributed by atoms with Gasteiger partial charge in [0.2, 0.25) is 0 Å². The molecule has 7 heteroatoms. The lowest BCUT2D eigenvalue weighted by atomic mass is 10.1. The lowest BCUT2D eigenvalue weighted by molar-refractivity contribution is 0.0934. The molecular weight excluding hydrogens is 356 g/mol. The number of hydrogen-bond acceptors (Lipinski definition) is 4. The van der Waals surface area contributed by atoms with E-state index in [0.29, 0.717) is 5.02 Å². The zero-order chi connectivity index (χ0) is 17.4. The van der Waals surface area contributed by atoms with Gasteiger partial charge in [-0.1, -0.05) is 11.6 Å². The molecule has 0 atom stereocenters. The molecule has 0 radical (unpaired) electrons. The Balaban J connectivity index is 1.64.